The number of likely N-dealkylation sites (tertiary alicyclic amines) is 2. The molecule has 0 radical (unpaired) electrons. The van der Waals surface area contributed by atoms with E-state index in [9.17, 15) is 24.0 Å². The molecule has 2 atom stereocenters. The van der Waals surface area contributed by atoms with Crippen molar-refractivity contribution in [2.24, 2.45) is 17.8 Å². The first-order valence-corrected chi connectivity index (χ1v) is 15.4. The first-order chi connectivity index (χ1) is 21.0. The van der Waals surface area contributed by atoms with E-state index < -0.39 is 29.3 Å². The molecule has 11 nitrogen and oxygen atoms in total. The molecule has 44 heavy (non-hydrogen) atoms. The van der Waals surface area contributed by atoms with E-state index in [2.05, 4.69) is 16.6 Å². The molecule has 2 saturated heterocycles. The first-order valence-electron chi connectivity index (χ1n) is 15.4. The second kappa shape index (κ2) is 16.7. The van der Waals surface area contributed by atoms with Crippen LogP contribution in [-0.4, -0.2) is 84.5 Å². The summed E-state index contributed by atoms with van der Waals surface area (Å²) < 4.78 is 10.8. The second-order valence-corrected chi connectivity index (χ2v) is 12.4. The molecule has 0 bridgehead atoms. The quantitative estimate of drug-likeness (QED) is 0.224. The molecule has 2 aliphatic rings. The third-order valence-electron chi connectivity index (χ3n) is 7.85. The molecule has 1 aromatic rings. The molecule has 11 heteroatoms. The third kappa shape index (κ3) is 11.2. The van der Waals surface area contributed by atoms with Gasteiger partial charge in [0.2, 0.25) is 17.7 Å². The Hall–Kier alpha value is -4.07. The van der Waals surface area contributed by atoms with Crippen LogP contribution in [0, 0.1) is 30.1 Å². The Morgan fingerprint density at radius 1 is 1.00 bits per heavy atom. The smallest absolute Gasteiger partial charge is 0.410 e. The summed E-state index contributed by atoms with van der Waals surface area (Å²) in [5, 5.41) is 5.22. The molecule has 2 fully saturated rings. The number of carbonyl (C=O) groups is 5. The van der Waals surface area contributed by atoms with Crippen molar-refractivity contribution in [1.29, 1.82) is 0 Å². The molecule has 2 aliphatic heterocycles. The van der Waals surface area contributed by atoms with Crippen molar-refractivity contribution in [3.63, 3.8) is 0 Å². The van der Waals surface area contributed by atoms with Gasteiger partial charge in [0.05, 0.1) is 12.5 Å². The Bertz CT molecular complexity index is 1180. The Balaban J connectivity index is 1.45. The number of hydrogen-bond donors (Lipinski definition) is 2. The van der Waals surface area contributed by atoms with E-state index in [0.29, 0.717) is 44.8 Å². The maximum absolute atomic E-state index is 13.1. The highest BCUT2D eigenvalue weighted by atomic mass is 16.6. The fourth-order valence-corrected chi connectivity index (χ4v) is 5.35. The Labute approximate surface area is 260 Å². The number of nitrogens with one attached hydrogen (secondary N) is 2. The van der Waals surface area contributed by atoms with Crippen LogP contribution in [0.3, 0.4) is 0 Å². The molecule has 0 saturated carbocycles. The molecule has 0 unspecified atom stereocenters. The molecular weight excluding hydrogens is 564 g/mol. The minimum Gasteiger partial charge on any atom is -0.460 e. The van der Waals surface area contributed by atoms with Gasteiger partial charge in [0, 0.05) is 39.1 Å². The van der Waals surface area contributed by atoms with Crippen molar-refractivity contribution in [1.82, 2.24) is 20.4 Å². The van der Waals surface area contributed by atoms with Crippen LogP contribution in [0.4, 0.5) is 4.79 Å². The maximum Gasteiger partial charge on any atom is 0.410 e. The van der Waals surface area contributed by atoms with E-state index in [1.54, 1.807) is 21.9 Å². The molecule has 0 spiro atoms. The van der Waals surface area contributed by atoms with Crippen LogP contribution in [0.1, 0.15) is 64.9 Å². The number of carbonyl (C=O) groups excluding carboxylic acids is 5. The van der Waals surface area contributed by atoms with Gasteiger partial charge < -0.3 is 29.9 Å². The summed E-state index contributed by atoms with van der Waals surface area (Å²) in [5.74, 6) is -0.763. The van der Waals surface area contributed by atoms with Crippen LogP contribution < -0.4 is 10.6 Å². The largest absolute Gasteiger partial charge is 0.460 e. The van der Waals surface area contributed by atoms with Gasteiger partial charge in [-0.05, 0) is 64.4 Å². The van der Waals surface area contributed by atoms with E-state index in [4.69, 9.17) is 15.9 Å². The summed E-state index contributed by atoms with van der Waals surface area (Å²) >= 11 is 0. The molecule has 0 aliphatic carbocycles. The molecule has 0 aromatic heterocycles. The Kier molecular flexibility index (Phi) is 13.1. The number of rotatable bonds is 11. The lowest BCUT2D eigenvalue weighted by atomic mass is 9.91. The first kappa shape index (κ1) is 34.4. The number of amides is 4. The van der Waals surface area contributed by atoms with Crippen LogP contribution >= 0.6 is 0 Å². The van der Waals surface area contributed by atoms with Gasteiger partial charge in [0.15, 0.2) is 5.92 Å². The third-order valence-corrected chi connectivity index (χ3v) is 7.85. The molecule has 2 heterocycles. The molecule has 1 aromatic carbocycles. The van der Waals surface area contributed by atoms with E-state index >= 15 is 0 Å². The number of ether oxygens (including phenoxy) is 2. The fourth-order valence-electron chi connectivity index (χ4n) is 5.35. The van der Waals surface area contributed by atoms with E-state index in [-0.39, 0.29) is 44.1 Å². The van der Waals surface area contributed by atoms with Crippen molar-refractivity contribution >= 4 is 29.8 Å². The summed E-state index contributed by atoms with van der Waals surface area (Å²) in [6, 6.07) is 9.07. The maximum atomic E-state index is 13.1. The summed E-state index contributed by atoms with van der Waals surface area (Å²) in [5.41, 5.74) is 0.238. The van der Waals surface area contributed by atoms with Crippen LogP contribution in [-0.2, 0) is 35.3 Å². The second-order valence-electron chi connectivity index (χ2n) is 12.4. The lowest BCUT2D eigenvalue weighted by molar-refractivity contribution is -0.153. The standard InChI is InChI=1S/C33H46N4O7/c1-5-17-34-30(40)27(31(41)43-23-25-10-7-6-8-11-25)21-35-29(39)26-12-9-18-37(22-26)28(38)14-13-24-15-19-36(20-16-24)32(42)44-33(2,3)4/h1,6-8,10-11,24,26-27H,9,12-23H2,2-4H3,(H,34,40)(H,35,39)/t26-,27+/m1/s1. The minimum atomic E-state index is -1.26. The zero-order valence-electron chi connectivity index (χ0n) is 26.1. The predicted molar refractivity (Wildman–Crippen MR) is 164 cm³/mol. The monoisotopic (exact) mass is 610 g/mol. The predicted octanol–water partition coefficient (Wildman–Crippen LogP) is 2.88. The molecule has 4 amide bonds. The number of nitrogens with zero attached hydrogens (tertiary/aromatic N) is 2. The van der Waals surface area contributed by atoms with Gasteiger partial charge in [-0.3, -0.25) is 19.2 Å². The highest BCUT2D eigenvalue weighted by Crippen LogP contribution is 2.25. The zero-order valence-corrected chi connectivity index (χ0v) is 26.1. The molecule has 2 N–H and O–H groups in total. The van der Waals surface area contributed by atoms with Crippen molar-refractivity contribution in [3.8, 4) is 12.3 Å². The normalized spacial score (nSPS) is 18.0. The molecule has 240 valence electrons. The average molecular weight is 611 g/mol. The van der Waals surface area contributed by atoms with Crippen molar-refractivity contribution < 1.29 is 33.4 Å². The highest BCUT2D eigenvalue weighted by molar-refractivity contribution is 5.98. The molecule has 3 rings (SSSR count). The lowest BCUT2D eigenvalue weighted by Gasteiger charge is -2.34. The number of benzene rings is 1. The van der Waals surface area contributed by atoms with Gasteiger partial charge in [-0.15, -0.1) is 6.42 Å². The van der Waals surface area contributed by atoms with Crippen molar-refractivity contribution in [3.05, 3.63) is 35.9 Å². The average Bonchev–Trinajstić information content (AvgIpc) is 3.01. The van der Waals surface area contributed by atoms with Crippen LogP contribution in [0.5, 0.6) is 0 Å². The van der Waals surface area contributed by atoms with Gasteiger partial charge in [-0.25, -0.2) is 4.79 Å². The van der Waals surface area contributed by atoms with Crippen LogP contribution in [0.15, 0.2) is 30.3 Å². The van der Waals surface area contributed by atoms with E-state index in [1.807, 2.05) is 39.0 Å². The number of esters is 1. The Morgan fingerprint density at radius 3 is 2.36 bits per heavy atom. The van der Waals surface area contributed by atoms with Gasteiger partial charge in [-0.1, -0.05) is 36.3 Å². The summed E-state index contributed by atoms with van der Waals surface area (Å²) in [6.45, 7) is 7.34. The highest BCUT2D eigenvalue weighted by Gasteiger charge is 2.33. The number of piperidine rings is 2. The molecular formula is C33H46N4O7. The minimum absolute atomic E-state index is 0.00487. The SMILES string of the molecule is C#CCNC(=O)[C@H](CNC(=O)[C@@H]1CCCN(C(=O)CCC2CCN(C(=O)OC(C)(C)C)CC2)C1)C(=O)OCc1ccccc1. The van der Waals surface area contributed by atoms with Gasteiger partial charge in [0.1, 0.15) is 12.2 Å². The van der Waals surface area contributed by atoms with E-state index in [1.165, 1.54) is 0 Å². The number of hydrogen-bond acceptors (Lipinski definition) is 7. The van der Waals surface area contributed by atoms with Crippen molar-refractivity contribution in [2.45, 2.75) is 71.5 Å². The van der Waals surface area contributed by atoms with Gasteiger partial charge in [-0.2, -0.15) is 0 Å². The lowest BCUT2D eigenvalue weighted by Crippen LogP contribution is -2.48. The summed E-state index contributed by atoms with van der Waals surface area (Å²) in [4.78, 5) is 67.4. The zero-order chi connectivity index (χ0) is 32.1. The Morgan fingerprint density at radius 2 is 1.70 bits per heavy atom. The van der Waals surface area contributed by atoms with Crippen LogP contribution in [0.25, 0.3) is 0 Å². The van der Waals surface area contributed by atoms with Crippen LogP contribution in [0.2, 0.25) is 0 Å². The fraction of sp³-hybridized carbons (Fsp3) is 0.606. The topological polar surface area (TPSA) is 134 Å². The van der Waals surface area contributed by atoms with Gasteiger partial charge in [0.25, 0.3) is 0 Å². The van der Waals surface area contributed by atoms with Crippen molar-refractivity contribution in [2.75, 3.05) is 39.3 Å². The van der Waals surface area contributed by atoms with Gasteiger partial charge >= 0.3 is 12.1 Å². The number of terminal acetylenes is 1. The summed E-state index contributed by atoms with van der Waals surface area (Å²) in [6.07, 6.45) is 8.99. The summed E-state index contributed by atoms with van der Waals surface area (Å²) in [7, 11) is 0. The van der Waals surface area contributed by atoms with E-state index in [0.717, 1.165) is 24.8 Å².